The summed E-state index contributed by atoms with van der Waals surface area (Å²) in [7, 11) is 0. The van der Waals surface area contributed by atoms with Gasteiger partial charge < -0.3 is 4.74 Å². The molecule has 0 atom stereocenters. The normalized spacial score (nSPS) is 19.4. The predicted octanol–water partition coefficient (Wildman–Crippen LogP) is 4.14. The third-order valence-electron chi connectivity index (χ3n) is 5.15. The van der Waals surface area contributed by atoms with Gasteiger partial charge in [-0.05, 0) is 23.3 Å². The van der Waals surface area contributed by atoms with Gasteiger partial charge >= 0.3 is 5.97 Å². The van der Waals surface area contributed by atoms with E-state index in [1.807, 2.05) is 27.7 Å². The van der Waals surface area contributed by atoms with Crippen LogP contribution in [0.2, 0.25) is 0 Å². The molecule has 1 fully saturated rings. The molecule has 0 aliphatic heterocycles. The van der Waals surface area contributed by atoms with Crippen molar-refractivity contribution in [2.75, 3.05) is 0 Å². The molecule has 1 aliphatic carbocycles. The zero-order valence-corrected chi connectivity index (χ0v) is 12.8. The van der Waals surface area contributed by atoms with Crippen LogP contribution in [-0.2, 0) is 16.1 Å². The molecule has 1 saturated carbocycles. The maximum atomic E-state index is 13.7. The number of carbonyl (C=O) groups is 1. The molecule has 21 heavy (non-hydrogen) atoms. The Morgan fingerprint density at radius 1 is 1.14 bits per heavy atom. The van der Waals surface area contributed by atoms with E-state index in [1.54, 1.807) is 0 Å². The van der Waals surface area contributed by atoms with Crippen molar-refractivity contribution in [2.45, 2.75) is 41.2 Å². The van der Waals surface area contributed by atoms with Crippen LogP contribution < -0.4 is 0 Å². The lowest BCUT2D eigenvalue weighted by Crippen LogP contribution is -2.13. The van der Waals surface area contributed by atoms with Gasteiger partial charge in [-0.15, -0.1) is 0 Å². The molecule has 0 bridgehead atoms. The number of carbonyl (C=O) groups excluding carboxylic acids is 1. The summed E-state index contributed by atoms with van der Waals surface area (Å²) in [6.45, 7) is 8.66. The molecule has 1 aromatic rings. The van der Waals surface area contributed by atoms with Crippen molar-refractivity contribution in [1.82, 2.24) is 0 Å². The average Bonchev–Trinajstić information content (AvgIpc) is 2.77. The van der Waals surface area contributed by atoms with Crippen molar-refractivity contribution in [3.63, 3.8) is 0 Å². The lowest BCUT2D eigenvalue weighted by atomic mass is 10.0. The predicted molar refractivity (Wildman–Crippen MR) is 71.9 cm³/mol. The Morgan fingerprint density at radius 2 is 1.67 bits per heavy atom. The molecule has 0 aromatic heterocycles. The van der Waals surface area contributed by atoms with Crippen molar-refractivity contribution < 1.29 is 22.7 Å². The Hall–Kier alpha value is -1.52. The first-order chi connectivity index (χ1) is 9.51. The van der Waals surface area contributed by atoms with Crippen LogP contribution in [-0.4, -0.2) is 5.97 Å². The highest BCUT2D eigenvalue weighted by atomic mass is 19.2. The van der Waals surface area contributed by atoms with Crippen molar-refractivity contribution in [2.24, 2.45) is 16.7 Å². The average molecular weight is 300 g/mol. The van der Waals surface area contributed by atoms with Gasteiger partial charge in [0.2, 0.25) is 0 Å². The van der Waals surface area contributed by atoms with E-state index in [-0.39, 0.29) is 27.9 Å². The van der Waals surface area contributed by atoms with Gasteiger partial charge in [0.1, 0.15) is 12.4 Å². The van der Waals surface area contributed by atoms with E-state index in [0.717, 1.165) is 0 Å². The molecule has 0 spiro atoms. The van der Waals surface area contributed by atoms with Gasteiger partial charge in [0, 0.05) is 11.6 Å². The third-order valence-corrected chi connectivity index (χ3v) is 5.15. The zero-order valence-electron chi connectivity index (χ0n) is 12.8. The fourth-order valence-electron chi connectivity index (χ4n) is 2.92. The van der Waals surface area contributed by atoms with Crippen molar-refractivity contribution >= 4 is 5.97 Å². The molecule has 1 aromatic carbocycles. The smallest absolute Gasteiger partial charge is 0.310 e. The van der Waals surface area contributed by atoms with Crippen LogP contribution in [0.5, 0.6) is 0 Å². The van der Waals surface area contributed by atoms with Crippen molar-refractivity contribution in [1.29, 1.82) is 0 Å². The molecule has 0 N–H and O–H groups in total. The molecule has 2 nitrogen and oxygen atoms in total. The first-order valence-corrected chi connectivity index (χ1v) is 6.81. The Bertz CT molecular complexity index is 566. The Morgan fingerprint density at radius 3 is 2.14 bits per heavy atom. The molecular weight excluding hydrogens is 281 g/mol. The second kappa shape index (κ2) is 4.75. The first-order valence-electron chi connectivity index (χ1n) is 6.81. The summed E-state index contributed by atoms with van der Waals surface area (Å²) in [6, 6.07) is 0.489. The quantitative estimate of drug-likeness (QED) is 0.619. The fourth-order valence-corrected chi connectivity index (χ4v) is 2.92. The van der Waals surface area contributed by atoms with E-state index in [0.29, 0.717) is 6.07 Å². The molecule has 0 amide bonds. The van der Waals surface area contributed by atoms with Crippen LogP contribution in [0, 0.1) is 41.1 Å². The van der Waals surface area contributed by atoms with E-state index in [1.165, 1.54) is 6.92 Å². The van der Waals surface area contributed by atoms with Gasteiger partial charge in [-0.25, -0.2) is 13.2 Å². The molecule has 0 unspecified atom stereocenters. The van der Waals surface area contributed by atoms with E-state index in [4.69, 9.17) is 4.74 Å². The SMILES string of the molecule is Cc1c(F)cc(F)c(F)c1COC(=O)C1C(C)(C)C1(C)C. The lowest BCUT2D eigenvalue weighted by molar-refractivity contribution is -0.148. The summed E-state index contributed by atoms with van der Waals surface area (Å²) in [5.74, 6) is -4.07. The molecule has 2 rings (SSSR count). The van der Waals surface area contributed by atoms with Gasteiger partial charge in [0.05, 0.1) is 5.92 Å². The zero-order chi connectivity index (χ0) is 16.2. The summed E-state index contributed by atoms with van der Waals surface area (Å²) in [4.78, 5) is 12.1. The minimum atomic E-state index is -1.28. The number of hydrogen-bond acceptors (Lipinski definition) is 2. The Labute approximate surface area is 122 Å². The highest BCUT2D eigenvalue weighted by Crippen LogP contribution is 2.68. The maximum absolute atomic E-state index is 13.7. The summed E-state index contributed by atoms with van der Waals surface area (Å²) in [5, 5.41) is 0. The Balaban J connectivity index is 2.14. The first kappa shape index (κ1) is 15.9. The summed E-state index contributed by atoms with van der Waals surface area (Å²) < 4.78 is 45.4. The van der Waals surface area contributed by atoms with Gasteiger partial charge in [-0.1, -0.05) is 27.7 Å². The second-order valence-electron chi connectivity index (χ2n) is 6.74. The van der Waals surface area contributed by atoms with Crippen LogP contribution in [0.4, 0.5) is 13.2 Å². The maximum Gasteiger partial charge on any atom is 0.310 e. The second-order valence-corrected chi connectivity index (χ2v) is 6.74. The minimum Gasteiger partial charge on any atom is -0.460 e. The van der Waals surface area contributed by atoms with E-state index in [2.05, 4.69) is 0 Å². The molecule has 1 aliphatic rings. The van der Waals surface area contributed by atoms with E-state index >= 15 is 0 Å². The van der Waals surface area contributed by atoms with Crippen LogP contribution in [0.1, 0.15) is 38.8 Å². The van der Waals surface area contributed by atoms with E-state index in [9.17, 15) is 18.0 Å². The number of hydrogen-bond donors (Lipinski definition) is 0. The van der Waals surface area contributed by atoms with E-state index < -0.39 is 30.0 Å². The molecule has 0 radical (unpaired) electrons. The van der Waals surface area contributed by atoms with Crippen LogP contribution in [0.3, 0.4) is 0 Å². The number of benzene rings is 1. The van der Waals surface area contributed by atoms with Gasteiger partial charge in [0.15, 0.2) is 11.6 Å². The minimum absolute atomic E-state index is 0.0454. The van der Waals surface area contributed by atoms with Crippen molar-refractivity contribution in [3.8, 4) is 0 Å². The number of halogens is 3. The summed E-state index contributed by atoms with van der Waals surface area (Å²) >= 11 is 0. The van der Waals surface area contributed by atoms with Gasteiger partial charge in [0.25, 0.3) is 0 Å². The number of ether oxygens (including phenoxy) is 1. The summed E-state index contributed by atoms with van der Waals surface area (Å²) in [5.41, 5.74) is -0.705. The number of rotatable bonds is 3. The standard InChI is InChI=1S/C16H19F3O2/c1-8-9(12(19)11(18)6-10(8)17)7-21-14(20)13-15(2,3)16(13,4)5/h6,13H,7H2,1-5H3. The molecule has 116 valence electrons. The lowest BCUT2D eigenvalue weighted by Gasteiger charge is -2.11. The van der Waals surface area contributed by atoms with Gasteiger partial charge in [-0.3, -0.25) is 4.79 Å². The number of esters is 1. The highest BCUT2D eigenvalue weighted by Gasteiger charge is 2.69. The molecule has 0 saturated heterocycles. The summed E-state index contributed by atoms with van der Waals surface area (Å²) in [6.07, 6.45) is 0. The topological polar surface area (TPSA) is 26.3 Å². The molecule has 5 heteroatoms. The highest BCUT2D eigenvalue weighted by molar-refractivity contribution is 5.78. The van der Waals surface area contributed by atoms with Crippen LogP contribution >= 0.6 is 0 Å². The fraction of sp³-hybridized carbons (Fsp3) is 0.562. The molecular formula is C16H19F3O2. The monoisotopic (exact) mass is 300 g/mol. The Kier molecular flexibility index (Phi) is 3.59. The van der Waals surface area contributed by atoms with Crippen LogP contribution in [0.15, 0.2) is 6.07 Å². The largest absolute Gasteiger partial charge is 0.460 e. The molecule has 0 heterocycles. The van der Waals surface area contributed by atoms with Crippen LogP contribution in [0.25, 0.3) is 0 Å². The van der Waals surface area contributed by atoms with Gasteiger partial charge in [-0.2, -0.15) is 0 Å². The third kappa shape index (κ3) is 2.32. The van der Waals surface area contributed by atoms with Crippen molar-refractivity contribution in [3.05, 3.63) is 34.6 Å².